The first-order valence-corrected chi connectivity index (χ1v) is 13.7. The van der Waals surface area contributed by atoms with Gasteiger partial charge in [0.05, 0.1) is 24.0 Å². The summed E-state index contributed by atoms with van der Waals surface area (Å²) in [7, 11) is 0. The van der Waals surface area contributed by atoms with Crippen molar-refractivity contribution >= 4 is 12.0 Å². The third kappa shape index (κ3) is 5.87. The van der Waals surface area contributed by atoms with Gasteiger partial charge in [-0.05, 0) is 71.6 Å². The Bertz CT molecular complexity index is 1170. The van der Waals surface area contributed by atoms with Crippen LogP contribution in [0.1, 0.15) is 88.7 Å². The van der Waals surface area contributed by atoms with Crippen molar-refractivity contribution in [2.75, 3.05) is 19.6 Å². The van der Waals surface area contributed by atoms with Crippen LogP contribution >= 0.6 is 0 Å². The fourth-order valence-electron chi connectivity index (χ4n) is 6.32. The van der Waals surface area contributed by atoms with E-state index in [-0.39, 0.29) is 17.8 Å². The van der Waals surface area contributed by atoms with Crippen molar-refractivity contribution in [1.29, 1.82) is 0 Å². The number of rotatable bonds is 6. The van der Waals surface area contributed by atoms with Crippen molar-refractivity contribution in [3.05, 3.63) is 52.9 Å². The molecule has 0 saturated carbocycles. The molecule has 2 atom stereocenters. The number of hydrogen-bond acceptors (Lipinski definition) is 4. The standard InChI is InChI=1S/C29H42FN5O3/c1-19(16-26(22-8-7-9-23(30)17-22)35(28(37)38)29(4,5)6)32-13-10-24(11-14-32)34-20(2)31-25-12-15-33(21(3)36)18-27(25)34/h7-9,17,19,24,26H,10-16,18H2,1-6H3,(H,37,38)/t19?,26-/m0/s1. The van der Waals surface area contributed by atoms with Gasteiger partial charge in [0.15, 0.2) is 0 Å². The van der Waals surface area contributed by atoms with Gasteiger partial charge in [0, 0.05) is 50.6 Å². The van der Waals surface area contributed by atoms with Crippen molar-refractivity contribution < 1.29 is 19.1 Å². The summed E-state index contributed by atoms with van der Waals surface area (Å²) in [6.45, 7) is 14.6. The molecule has 1 saturated heterocycles. The van der Waals surface area contributed by atoms with E-state index in [1.54, 1.807) is 13.0 Å². The third-order valence-electron chi connectivity index (χ3n) is 8.20. The van der Waals surface area contributed by atoms with Gasteiger partial charge < -0.3 is 19.5 Å². The SMILES string of the molecule is CC(=O)N1CCc2nc(C)n(C3CCN(C(C)C[C@@H](c4cccc(F)c4)N(C(=O)O)C(C)(C)C)CC3)c2C1. The van der Waals surface area contributed by atoms with Crippen molar-refractivity contribution in [2.45, 2.75) is 97.4 Å². The van der Waals surface area contributed by atoms with E-state index in [1.807, 2.05) is 31.7 Å². The Labute approximate surface area is 225 Å². The summed E-state index contributed by atoms with van der Waals surface area (Å²) in [5.74, 6) is 0.756. The number of carboxylic acid groups (broad SMARTS) is 1. The number of benzene rings is 1. The molecule has 8 nitrogen and oxygen atoms in total. The van der Waals surface area contributed by atoms with Crippen LogP contribution in [0.4, 0.5) is 9.18 Å². The highest BCUT2D eigenvalue weighted by Gasteiger charge is 2.37. The van der Waals surface area contributed by atoms with Crippen molar-refractivity contribution in [3.63, 3.8) is 0 Å². The van der Waals surface area contributed by atoms with Crippen LogP contribution in [0.5, 0.6) is 0 Å². The van der Waals surface area contributed by atoms with Crippen molar-refractivity contribution in [1.82, 2.24) is 24.3 Å². The smallest absolute Gasteiger partial charge is 0.408 e. The number of aryl methyl sites for hydroxylation is 1. The highest BCUT2D eigenvalue weighted by Crippen LogP contribution is 2.36. The summed E-state index contributed by atoms with van der Waals surface area (Å²) in [4.78, 5) is 35.0. The molecular formula is C29H42FN5O3. The predicted molar refractivity (Wildman–Crippen MR) is 144 cm³/mol. The second-order valence-electron chi connectivity index (χ2n) is 11.9. The van der Waals surface area contributed by atoms with E-state index in [9.17, 15) is 19.1 Å². The minimum atomic E-state index is -1.00. The molecule has 0 aliphatic carbocycles. The van der Waals surface area contributed by atoms with Crippen LogP contribution in [0.25, 0.3) is 0 Å². The zero-order chi connectivity index (χ0) is 27.8. The number of imidazole rings is 1. The van der Waals surface area contributed by atoms with Gasteiger partial charge >= 0.3 is 6.09 Å². The summed E-state index contributed by atoms with van der Waals surface area (Å²) in [6.07, 6.45) is 2.29. The third-order valence-corrected chi connectivity index (χ3v) is 8.20. The molecule has 2 amide bonds. The minimum absolute atomic E-state index is 0.100. The average Bonchev–Trinajstić information content (AvgIpc) is 3.17. The molecule has 0 bridgehead atoms. The van der Waals surface area contributed by atoms with Crippen molar-refractivity contribution in [3.8, 4) is 0 Å². The highest BCUT2D eigenvalue weighted by molar-refractivity contribution is 5.73. The Morgan fingerprint density at radius 2 is 1.89 bits per heavy atom. The number of carbonyl (C=O) groups is 2. The van der Waals surface area contributed by atoms with Gasteiger partial charge in [0.25, 0.3) is 0 Å². The Balaban J connectivity index is 1.49. The maximum atomic E-state index is 14.2. The Morgan fingerprint density at radius 1 is 1.21 bits per heavy atom. The second-order valence-corrected chi connectivity index (χ2v) is 11.9. The Hall–Kier alpha value is -2.94. The molecule has 1 aromatic heterocycles. The number of halogens is 1. The first kappa shape index (κ1) is 28.1. The summed E-state index contributed by atoms with van der Waals surface area (Å²) in [5, 5.41) is 10.1. The Morgan fingerprint density at radius 3 is 2.47 bits per heavy atom. The number of aromatic nitrogens is 2. The van der Waals surface area contributed by atoms with Gasteiger partial charge in [0.1, 0.15) is 11.6 Å². The molecule has 4 rings (SSSR count). The van der Waals surface area contributed by atoms with Gasteiger partial charge in [-0.1, -0.05) is 12.1 Å². The molecular weight excluding hydrogens is 485 g/mol. The lowest BCUT2D eigenvalue weighted by Crippen LogP contribution is -2.49. The van der Waals surface area contributed by atoms with E-state index in [2.05, 4.69) is 23.3 Å². The summed E-state index contributed by atoms with van der Waals surface area (Å²) >= 11 is 0. The average molecular weight is 528 g/mol. The molecule has 1 aromatic carbocycles. The minimum Gasteiger partial charge on any atom is -0.465 e. The van der Waals surface area contributed by atoms with E-state index >= 15 is 0 Å². The van der Waals surface area contributed by atoms with Gasteiger partial charge in [-0.25, -0.2) is 14.2 Å². The lowest BCUT2D eigenvalue weighted by molar-refractivity contribution is -0.129. The maximum Gasteiger partial charge on any atom is 0.408 e. The van der Waals surface area contributed by atoms with Gasteiger partial charge in [0.2, 0.25) is 5.91 Å². The molecule has 0 radical (unpaired) electrons. The summed E-state index contributed by atoms with van der Waals surface area (Å²) in [6, 6.07) is 6.30. The number of nitrogens with zero attached hydrogens (tertiary/aromatic N) is 5. The first-order valence-electron chi connectivity index (χ1n) is 13.7. The van der Waals surface area contributed by atoms with Crippen LogP contribution in [0.2, 0.25) is 0 Å². The van der Waals surface area contributed by atoms with E-state index in [1.165, 1.54) is 22.7 Å². The maximum absolute atomic E-state index is 14.2. The molecule has 1 unspecified atom stereocenters. The number of amides is 2. The molecule has 2 aliphatic rings. The fourth-order valence-corrected chi connectivity index (χ4v) is 6.32. The second kappa shape index (κ2) is 11.0. The monoisotopic (exact) mass is 527 g/mol. The number of carbonyl (C=O) groups excluding carboxylic acids is 1. The first-order chi connectivity index (χ1) is 17.9. The van der Waals surface area contributed by atoms with E-state index < -0.39 is 17.7 Å². The quantitative estimate of drug-likeness (QED) is 0.561. The molecule has 3 heterocycles. The van der Waals surface area contributed by atoms with Crippen LogP contribution in [-0.4, -0.2) is 72.6 Å². The zero-order valence-corrected chi connectivity index (χ0v) is 23.6. The molecule has 0 spiro atoms. The summed E-state index contributed by atoms with van der Waals surface area (Å²) in [5.41, 5.74) is 2.33. The van der Waals surface area contributed by atoms with Crippen molar-refractivity contribution in [2.24, 2.45) is 0 Å². The van der Waals surface area contributed by atoms with Gasteiger partial charge in [-0.15, -0.1) is 0 Å². The van der Waals surface area contributed by atoms with Gasteiger partial charge in [-0.3, -0.25) is 9.69 Å². The largest absolute Gasteiger partial charge is 0.465 e. The Kier molecular flexibility index (Phi) is 8.16. The molecule has 2 aromatic rings. The summed E-state index contributed by atoms with van der Waals surface area (Å²) < 4.78 is 16.5. The number of piperidine rings is 1. The van der Waals surface area contributed by atoms with E-state index in [4.69, 9.17) is 4.98 Å². The van der Waals surface area contributed by atoms with Gasteiger partial charge in [-0.2, -0.15) is 0 Å². The molecule has 1 N–H and O–H groups in total. The topological polar surface area (TPSA) is 81.9 Å². The predicted octanol–water partition coefficient (Wildman–Crippen LogP) is 5.17. The van der Waals surface area contributed by atoms with Crippen LogP contribution < -0.4 is 0 Å². The number of fused-ring (bicyclic) bond motifs is 1. The normalized spacial score (nSPS) is 18.7. The molecule has 38 heavy (non-hydrogen) atoms. The van der Waals surface area contributed by atoms with Crippen LogP contribution in [0, 0.1) is 12.7 Å². The molecule has 2 aliphatic heterocycles. The molecule has 208 valence electrons. The number of hydrogen-bond donors (Lipinski definition) is 1. The lowest BCUT2D eigenvalue weighted by Gasteiger charge is -2.43. The lowest BCUT2D eigenvalue weighted by atomic mass is 9.92. The van der Waals surface area contributed by atoms with Crippen LogP contribution in [0.3, 0.4) is 0 Å². The van der Waals surface area contributed by atoms with E-state index in [0.717, 1.165) is 50.4 Å². The number of likely N-dealkylation sites (tertiary alicyclic amines) is 1. The van der Waals surface area contributed by atoms with Crippen LogP contribution in [-0.2, 0) is 17.8 Å². The highest BCUT2D eigenvalue weighted by atomic mass is 19.1. The van der Waals surface area contributed by atoms with E-state index in [0.29, 0.717) is 24.6 Å². The molecule has 9 heteroatoms. The fraction of sp³-hybridized carbons (Fsp3) is 0.621. The zero-order valence-electron chi connectivity index (χ0n) is 23.6. The van der Waals surface area contributed by atoms with Crippen LogP contribution in [0.15, 0.2) is 24.3 Å². The molecule has 1 fully saturated rings.